The fourth-order valence-corrected chi connectivity index (χ4v) is 0.926. The summed E-state index contributed by atoms with van der Waals surface area (Å²) in [6, 6.07) is 0. The van der Waals surface area contributed by atoms with Gasteiger partial charge in [0.1, 0.15) is 0 Å². The standard InChI is InChI=1S/C7H11NO3.ClH/c1-2-6(9)11-5-3-4-8-7(5)10;/h5H,2-4H2,1H3,(H,8,10);1H/t5-;/m0./s1. The number of nitrogens with one attached hydrogen (secondary N) is 1. The fourth-order valence-electron chi connectivity index (χ4n) is 0.926. The van der Waals surface area contributed by atoms with Crippen LogP contribution in [0.15, 0.2) is 0 Å². The molecule has 0 aromatic rings. The maximum absolute atomic E-state index is 10.8. The third kappa shape index (κ3) is 2.70. The van der Waals surface area contributed by atoms with Crippen LogP contribution in [0, 0.1) is 0 Å². The van der Waals surface area contributed by atoms with Crippen LogP contribution >= 0.6 is 12.4 Å². The quantitative estimate of drug-likeness (QED) is 0.640. The summed E-state index contributed by atoms with van der Waals surface area (Å²) in [7, 11) is 0. The van der Waals surface area contributed by atoms with Gasteiger partial charge in [-0.15, -0.1) is 12.4 Å². The van der Waals surface area contributed by atoms with E-state index in [4.69, 9.17) is 4.74 Å². The van der Waals surface area contributed by atoms with Gasteiger partial charge >= 0.3 is 5.97 Å². The van der Waals surface area contributed by atoms with Crippen molar-refractivity contribution in [2.45, 2.75) is 25.9 Å². The van der Waals surface area contributed by atoms with Crippen LogP contribution in [0.1, 0.15) is 19.8 Å². The number of ether oxygens (including phenoxy) is 1. The predicted molar refractivity (Wildman–Crippen MR) is 45.0 cm³/mol. The van der Waals surface area contributed by atoms with E-state index >= 15 is 0 Å². The number of carbonyl (C=O) groups is 2. The predicted octanol–water partition coefficient (Wildman–Crippen LogP) is 0.250. The summed E-state index contributed by atoms with van der Waals surface area (Å²) < 4.78 is 4.82. The molecule has 0 aromatic carbocycles. The molecule has 4 nitrogen and oxygen atoms in total. The minimum atomic E-state index is -0.539. The lowest BCUT2D eigenvalue weighted by Gasteiger charge is -2.06. The molecule has 1 aliphatic rings. The van der Waals surface area contributed by atoms with Gasteiger partial charge in [0.05, 0.1) is 0 Å². The van der Waals surface area contributed by atoms with Crippen LogP contribution in [0.3, 0.4) is 0 Å². The Morgan fingerprint density at radius 3 is 2.83 bits per heavy atom. The number of hydrogen-bond acceptors (Lipinski definition) is 3. The minimum absolute atomic E-state index is 0. The van der Waals surface area contributed by atoms with Crippen LogP contribution < -0.4 is 5.32 Å². The van der Waals surface area contributed by atoms with Gasteiger partial charge in [0.25, 0.3) is 5.91 Å². The average Bonchev–Trinajstić information content (AvgIpc) is 2.37. The molecule has 1 heterocycles. The van der Waals surface area contributed by atoms with E-state index < -0.39 is 6.10 Å². The Kier molecular flexibility index (Phi) is 4.66. The molecule has 0 spiro atoms. The first-order valence-electron chi connectivity index (χ1n) is 3.71. The van der Waals surface area contributed by atoms with E-state index in [-0.39, 0.29) is 24.3 Å². The van der Waals surface area contributed by atoms with E-state index in [9.17, 15) is 9.59 Å². The highest BCUT2D eigenvalue weighted by Crippen LogP contribution is 2.05. The summed E-state index contributed by atoms with van der Waals surface area (Å²) in [5.74, 6) is -0.487. The van der Waals surface area contributed by atoms with Crippen LogP contribution in [-0.2, 0) is 14.3 Å². The summed E-state index contributed by atoms with van der Waals surface area (Å²) in [6.45, 7) is 2.32. The second-order valence-corrected chi connectivity index (χ2v) is 2.41. The Balaban J connectivity index is 0.00000121. The molecule has 70 valence electrons. The van der Waals surface area contributed by atoms with Crippen LogP contribution in [0.4, 0.5) is 0 Å². The van der Waals surface area contributed by atoms with Crippen molar-refractivity contribution in [3.05, 3.63) is 0 Å². The molecule has 1 fully saturated rings. The lowest BCUT2D eigenvalue weighted by Crippen LogP contribution is -2.27. The largest absolute Gasteiger partial charge is 0.452 e. The molecule has 1 aliphatic heterocycles. The molecule has 1 N–H and O–H groups in total. The van der Waals surface area contributed by atoms with Gasteiger partial charge < -0.3 is 10.1 Å². The van der Waals surface area contributed by atoms with Crippen molar-refractivity contribution in [2.75, 3.05) is 6.54 Å². The molecule has 0 aliphatic carbocycles. The molecular weight excluding hydrogens is 182 g/mol. The van der Waals surface area contributed by atoms with Crippen LogP contribution in [0.25, 0.3) is 0 Å². The highest BCUT2D eigenvalue weighted by atomic mass is 35.5. The van der Waals surface area contributed by atoms with Crippen molar-refractivity contribution >= 4 is 24.3 Å². The van der Waals surface area contributed by atoms with Crippen molar-refractivity contribution in [2.24, 2.45) is 0 Å². The minimum Gasteiger partial charge on any atom is -0.452 e. The zero-order valence-corrected chi connectivity index (χ0v) is 7.65. The maximum Gasteiger partial charge on any atom is 0.306 e. The van der Waals surface area contributed by atoms with Crippen LogP contribution in [0.2, 0.25) is 0 Å². The number of amides is 1. The Morgan fingerprint density at radius 2 is 2.42 bits per heavy atom. The molecule has 1 amide bonds. The number of rotatable bonds is 2. The van der Waals surface area contributed by atoms with Gasteiger partial charge in [-0.3, -0.25) is 9.59 Å². The van der Waals surface area contributed by atoms with Crippen molar-refractivity contribution < 1.29 is 14.3 Å². The molecule has 1 rings (SSSR count). The Bertz CT molecular complexity index is 183. The third-order valence-corrected chi connectivity index (χ3v) is 1.56. The highest BCUT2D eigenvalue weighted by Gasteiger charge is 2.26. The van der Waals surface area contributed by atoms with E-state index in [1.54, 1.807) is 6.92 Å². The first-order valence-corrected chi connectivity index (χ1v) is 3.71. The van der Waals surface area contributed by atoms with Gasteiger partial charge in [-0.05, 0) is 0 Å². The molecule has 1 atom stereocenters. The summed E-state index contributed by atoms with van der Waals surface area (Å²) >= 11 is 0. The second-order valence-electron chi connectivity index (χ2n) is 2.41. The van der Waals surface area contributed by atoms with Gasteiger partial charge in [0.2, 0.25) is 0 Å². The zero-order valence-electron chi connectivity index (χ0n) is 6.83. The smallest absolute Gasteiger partial charge is 0.306 e. The average molecular weight is 194 g/mol. The summed E-state index contributed by atoms with van der Waals surface area (Å²) in [6.07, 6.45) is 0.386. The van der Waals surface area contributed by atoms with E-state index in [0.717, 1.165) is 0 Å². The molecule has 0 aromatic heterocycles. The molecule has 12 heavy (non-hydrogen) atoms. The normalized spacial score (nSPS) is 21.1. The molecule has 0 bridgehead atoms. The number of esters is 1. The molecule has 5 heteroatoms. The van der Waals surface area contributed by atoms with E-state index in [1.807, 2.05) is 0 Å². The SMILES string of the molecule is CCC(=O)O[C@H]1CCNC1=O.Cl. The molecule has 0 saturated carbocycles. The molecular formula is C7H12ClNO3. The summed E-state index contributed by atoms with van der Waals surface area (Å²) in [4.78, 5) is 21.5. The number of halogens is 1. The molecule has 0 unspecified atom stereocenters. The second kappa shape index (κ2) is 4.98. The number of carbonyl (C=O) groups excluding carboxylic acids is 2. The molecule has 1 saturated heterocycles. The lowest BCUT2D eigenvalue weighted by molar-refractivity contribution is -0.153. The van der Waals surface area contributed by atoms with Gasteiger partial charge in [0.15, 0.2) is 6.10 Å². The van der Waals surface area contributed by atoms with E-state index in [0.29, 0.717) is 19.4 Å². The zero-order chi connectivity index (χ0) is 8.27. The Morgan fingerprint density at radius 1 is 1.75 bits per heavy atom. The van der Waals surface area contributed by atoms with Crippen molar-refractivity contribution in [1.29, 1.82) is 0 Å². The van der Waals surface area contributed by atoms with E-state index in [2.05, 4.69) is 5.32 Å². The van der Waals surface area contributed by atoms with Gasteiger partial charge in [0, 0.05) is 19.4 Å². The fraction of sp³-hybridized carbons (Fsp3) is 0.714. The van der Waals surface area contributed by atoms with Gasteiger partial charge in [-0.1, -0.05) is 6.92 Å². The van der Waals surface area contributed by atoms with Crippen LogP contribution in [-0.4, -0.2) is 24.5 Å². The van der Waals surface area contributed by atoms with Gasteiger partial charge in [-0.2, -0.15) is 0 Å². The lowest BCUT2D eigenvalue weighted by atomic mass is 10.3. The van der Waals surface area contributed by atoms with Crippen molar-refractivity contribution in [3.63, 3.8) is 0 Å². The monoisotopic (exact) mass is 193 g/mol. The topological polar surface area (TPSA) is 55.4 Å². The Hall–Kier alpha value is -0.770. The first-order chi connectivity index (χ1) is 5.24. The first kappa shape index (κ1) is 11.2. The maximum atomic E-state index is 10.8. The molecule has 0 radical (unpaired) electrons. The van der Waals surface area contributed by atoms with E-state index in [1.165, 1.54) is 0 Å². The highest BCUT2D eigenvalue weighted by molar-refractivity contribution is 5.85. The van der Waals surface area contributed by atoms with Crippen molar-refractivity contribution in [3.8, 4) is 0 Å². The van der Waals surface area contributed by atoms with Crippen molar-refractivity contribution in [1.82, 2.24) is 5.32 Å². The van der Waals surface area contributed by atoms with Gasteiger partial charge in [-0.25, -0.2) is 0 Å². The summed E-state index contributed by atoms with van der Waals surface area (Å²) in [5, 5.41) is 2.58. The van der Waals surface area contributed by atoms with Crippen LogP contribution in [0.5, 0.6) is 0 Å². The Labute approximate surface area is 77.1 Å². The number of hydrogen-bond donors (Lipinski definition) is 1. The summed E-state index contributed by atoms with van der Waals surface area (Å²) in [5.41, 5.74) is 0. The third-order valence-electron chi connectivity index (χ3n) is 1.56.